The van der Waals surface area contributed by atoms with Gasteiger partial charge in [0.15, 0.2) is 0 Å². The van der Waals surface area contributed by atoms with E-state index in [0.29, 0.717) is 5.71 Å². The van der Waals surface area contributed by atoms with E-state index in [0.717, 1.165) is 12.0 Å². The molecule has 0 aliphatic carbocycles. The van der Waals surface area contributed by atoms with Crippen LogP contribution in [0.5, 0.6) is 0 Å². The quantitative estimate of drug-likeness (QED) is 0.750. The molecule has 0 aliphatic rings. The van der Waals surface area contributed by atoms with Gasteiger partial charge in [-0.2, -0.15) is 0 Å². The molecule has 0 bridgehead atoms. The third-order valence-electron chi connectivity index (χ3n) is 2.96. The van der Waals surface area contributed by atoms with Gasteiger partial charge < -0.3 is 5.41 Å². The van der Waals surface area contributed by atoms with Crippen molar-refractivity contribution in [1.82, 2.24) is 0 Å². The molecule has 86 valence electrons. The number of aryl methyl sites for hydroxylation is 1. The van der Waals surface area contributed by atoms with Crippen LogP contribution in [-0.4, -0.2) is 5.71 Å². The Kier molecular flexibility index (Phi) is 3.38. The van der Waals surface area contributed by atoms with Gasteiger partial charge in [0, 0.05) is 5.71 Å². The van der Waals surface area contributed by atoms with E-state index in [1.165, 1.54) is 16.7 Å². The Bertz CT molecular complexity index is 541. The van der Waals surface area contributed by atoms with E-state index in [1.807, 2.05) is 19.1 Å². The molecule has 0 aliphatic heterocycles. The lowest BCUT2D eigenvalue weighted by atomic mass is 9.99. The normalized spacial score (nSPS) is 10.2. The first-order valence-electron chi connectivity index (χ1n) is 5.95. The van der Waals surface area contributed by atoms with Crippen molar-refractivity contribution in [2.45, 2.75) is 20.3 Å². The second-order valence-corrected chi connectivity index (χ2v) is 4.26. The van der Waals surface area contributed by atoms with E-state index in [-0.39, 0.29) is 0 Å². The van der Waals surface area contributed by atoms with Crippen molar-refractivity contribution in [2.75, 3.05) is 0 Å². The Balaban J connectivity index is 2.45. The van der Waals surface area contributed by atoms with Gasteiger partial charge in [-0.25, -0.2) is 0 Å². The summed E-state index contributed by atoms with van der Waals surface area (Å²) >= 11 is 0. The molecule has 2 rings (SSSR count). The van der Waals surface area contributed by atoms with Crippen LogP contribution in [0.2, 0.25) is 0 Å². The molecule has 0 unspecified atom stereocenters. The largest absolute Gasteiger partial charge is 0.305 e. The Morgan fingerprint density at radius 2 is 1.65 bits per heavy atom. The first-order valence-corrected chi connectivity index (χ1v) is 5.95. The summed E-state index contributed by atoms with van der Waals surface area (Å²) in [5.41, 5.74) is 5.36. The van der Waals surface area contributed by atoms with Crippen LogP contribution < -0.4 is 0 Å². The summed E-state index contributed by atoms with van der Waals surface area (Å²) in [6.07, 6.45) is 1.05. The summed E-state index contributed by atoms with van der Waals surface area (Å²) in [7, 11) is 0. The summed E-state index contributed by atoms with van der Waals surface area (Å²) in [5.74, 6) is 0. The van der Waals surface area contributed by atoms with Crippen molar-refractivity contribution >= 4 is 5.71 Å². The lowest BCUT2D eigenvalue weighted by Crippen LogP contribution is -1.92. The van der Waals surface area contributed by atoms with Gasteiger partial charge in [0.25, 0.3) is 0 Å². The molecule has 17 heavy (non-hydrogen) atoms. The molecule has 0 saturated carbocycles. The summed E-state index contributed by atoms with van der Waals surface area (Å²) < 4.78 is 0. The molecule has 0 saturated heterocycles. The Morgan fingerprint density at radius 3 is 2.29 bits per heavy atom. The Morgan fingerprint density at radius 1 is 1.00 bits per heavy atom. The maximum absolute atomic E-state index is 7.67. The topological polar surface area (TPSA) is 23.9 Å². The van der Waals surface area contributed by atoms with Crippen molar-refractivity contribution in [3.8, 4) is 11.1 Å². The third-order valence-corrected chi connectivity index (χ3v) is 2.96. The fourth-order valence-electron chi connectivity index (χ4n) is 1.90. The zero-order valence-corrected chi connectivity index (χ0v) is 10.3. The van der Waals surface area contributed by atoms with Gasteiger partial charge in [-0.15, -0.1) is 0 Å². The van der Waals surface area contributed by atoms with Crippen molar-refractivity contribution in [1.29, 1.82) is 5.41 Å². The predicted octanol–water partition coefficient (Wildman–Crippen LogP) is 4.30. The first kappa shape index (κ1) is 11.6. The molecule has 0 radical (unpaired) electrons. The van der Waals surface area contributed by atoms with Gasteiger partial charge in [-0.1, -0.05) is 49.4 Å². The Hall–Kier alpha value is -1.89. The van der Waals surface area contributed by atoms with E-state index < -0.39 is 0 Å². The highest BCUT2D eigenvalue weighted by molar-refractivity contribution is 5.97. The Labute approximate surface area is 103 Å². The van der Waals surface area contributed by atoms with Crippen LogP contribution >= 0.6 is 0 Å². The average Bonchev–Trinajstić information content (AvgIpc) is 2.39. The molecule has 0 aromatic heterocycles. The van der Waals surface area contributed by atoms with Gasteiger partial charge in [0.05, 0.1) is 0 Å². The summed E-state index contributed by atoms with van der Waals surface area (Å²) in [6.45, 7) is 3.98. The predicted molar refractivity (Wildman–Crippen MR) is 73.8 cm³/mol. The summed E-state index contributed by atoms with van der Waals surface area (Å²) in [5, 5.41) is 7.67. The van der Waals surface area contributed by atoms with Gasteiger partial charge in [-0.3, -0.25) is 0 Å². The summed E-state index contributed by atoms with van der Waals surface area (Å²) in [4.78, 5) is 0. The van der Waals surface area contributed by atoms with Gasteiger partial charge in [0.2, 0.25) is 0 Å². The average molecular weight is 223 g/mol. The molecule has 1 nitrogen and oxygen atoms in total. The molecule has 1 heteroatoms. The smallest absolute Gasteiger partial charge is 0.0355 e. The standard InChI is InChI=1S/C16H17N/c1-3-13-6-4-8-15(10-13)16-9-5-7-14(11-16)12(2)17/h4-11,17H,3H2,1-2H3. The van der Waals surface area contributed by atoms with Crippen LogP contribution in [0.3, 0.4) is 0 Å². The number of nitrogens with one attached hydrogen (secondary N) is 1. The van der Waals surface area contributed by atoms with E-state index in [2.05, 4.69) is 43.3 Å². The monoisotopic (exact) mass is 223 g/mol. The van der Waals surface area contributed by atoms with Crippen LogP contribution in [0, 0.1) is 5.41 Å². The third kappa shape index (κ3) is 2.62. The highest BCUT2D eigenvalue weighted by atomic mass is 14.4. The second kappa shape index (κ2) is 4.96. The molecule has 0 spiro atoms. The van der Waals surface area contributed by atoms with E-state index in [4.69, 9.17) is 5.41 Å². The molecule has 0 fully saturated rings. The lowest BCUT2D eigenvalue weighted by Gasteiger charge is -2.06. The van der Waals surface area contributed by atoms with Crippen LogP contribution in [0.15, 0.2) is 48.5 Å². The molecule has 2 aromatic carbocycles. The minimum atomic E-state index is 0.610. The highest BCUT2D eigenvalue weighted by Gasteiger charge is 2.01. The maximum atomic E-state index is 7.67. The highest BCUT2D eigenvalue weighted by Crippen LogP contribution is 2.22. The first-order chi connectivity index (χ1) is 8.20. The number of benzene rings is 2. The lowest BCUT2D eigenvalue weighted by molar-refractivity contribution is 1.14. The fourth-order valence-corrected chi connectivity index (χ4v) is 1.90. The number of hydrogen-bond donors (Lipinski definition) is 1. The van der Waals surface area contributed by atoms with Gasteiger partial charge >= 0.3 is 0 Å². The number of hydrogen-bond acceptors (Lipinski definition) is 1. The molecule has 2 aromatic rings. The van der Waals surface area contributed by atoms with Crippen molar-refractivity contribution in [3.05, 3.63) is 59.7 Å². The van der Waals surface area contributed by atoms with E-state index in [1.54, 1.807) is 0 Å². The second-order valence-electron chi connectivity index (χ2n) is 4.26. The van der Waals surface area contributed by atoms with Crippen LogP contribution in [-0.2, 0) is 6.42 Å². The molecule has 0 atom stereocenters. The zero-order chi connectivity index (χ0) is 12.3. The van der Waals surface area contributed by atoms with Crippen LogP contribution in [0.4, 0.5) is 0 Å². The molecular formula is C16H17N. The summed E-state index contributed by atoms with van der Waals surface area (Å²) in [6, 6.07) is 16.8. The molecule has 1 N–H and O–H groups in total. The minimum Gasteiger partial charge on any atom is -0.305 e. The molecule has 0 heterocycles. The van der Waals surface area contributed by atoms with E-state index >= 15 is 0 Å². The molecule has 0 amide bonds. The fraction of sp³-hybridized carbons (Fsp3) is 0.188. The van der Waals surface area contributed by atoms with Crippen LogP contribution in [0.25, 0.3) is 11.1 Å². The SMILES string of the molecule is CCc1cccc(-c2cccc(C(C)=N)c2)c1. The zero-order valence-electron chi connectivity index (χ0n) is 10.3. The van der Waals surface area contributed by atoms with Crippen molar-refractivity contribution in [3.63, 3.8) is 0 Å². The minimum absolute atomic E-state index is 0.610. The number of rotatable bonds is 3. The molecular weight excluding hydrogens is 206 g/mol. The van der Waals surface area contributed by atoms with Gasteiger partial charge in [0.1, 0.15) is 0 Å². The van der Waals surface area contributed by atoms with Gasteiger partial charge in [-0.05, 0) is 41.7 Å². The van der Waals surface area contributed by atoms with Crippen LogP contribution in [0.1, 0.15) is 25.0 Å². The van der Waals surface area contributed by atoms with E-state index in [9.17, 15) is 0 Å². The van der Waals surface area contributed by atoms with Crippen molar-refractivity contribution in [2.24, 2.45) is 0 Å². The van der Waals surface area contributed by atoms with Crippen molar-refractivity contribution < 1.29 is 0 Å². The maximum Gasteiger partial charge on any atom is 0.0355 e.